The Kier molecular flexibility index (Phi) is 7.29. The van der Waals surface area contributed by atoms with Gasteiger partial charge in [-0.2, -0.15) is 0 Å². The number of anilines is 2. The molecule has 0 spiro atoms. The molecular formula is C26H23N3O4S. The molecule has 2 amide bonds. The molecule has 0 aliphatic heterocycles. The van der Waals surface area contributed by atoms with Gasteiger partial charge in [0.25, 0.3) is 5.91 Å². The lowest BCUT2D eigenvalue weighted by Gasteiger charge is -2.16. The van der Waals surface area contributed by atoms with Crippen molar-refractivity contribution in [2.75, 3.05) is 17.7 Å². The monoisotopic (exact) mass is 473 g/mol. The summed E-state index contributed by atoms with van der Waals surface area (Å²) in [6, 6.07) is 25.5. The van der Waals surface area contributed by atoms with Crippen LogP contribution in [0.15, 0.2) is 94.3 Å². The number of carbonyl (C=O) groups is 2. The Morgan fingerprint density at radius 2 is 1.65 bits per heavy atom. The maximum Gasteiger partial charge on any atom is 0.255 e. The molecule has 34 heavy (non-hydrogen) atoms. The van der Waals surface area contributed by atoms with Crippen LogP contribution in [0.2, 0.25) is 0 Å². The molecule has 0 saturated carbocycles. The van der Waals surface area contributed by atoms with Gasteiger partial charge in [0.2, 0.25) is 5.91 Å². The lowest BCUT2D eigenvalue weighted by Crippen LogP contribution is -2.19. The van der Waals surface area contributed by atoms with Gasteiger partial charge in [0.15, 0.2) is 5.82 Å². The summed E-state index contributed by atoms with van der Waals surface area (Å²) in [5.41, 5.74) is 2.05. The third-order valence-corrected chi connectivity index (χ3v) is 6.20. The normalized spacial score (nSPS) is 11.5. The van der Waals surface area contributed by atoms with Crippen LogP contribution in [0.25, 0.3) is 0 Å². The van der Waals surface area contributed by atoms with Gasteiger partial charge in [-0.25, -0.2) is 0 Å². The van der Waals surface area contributed by atoms with Gasteiger partial charge in [-0.15, -0.1) is 11.8 Å². The largest absolute Gasteiger partial charge is 0.497 e. The smallest absolute Gasteiger partial charge is 0.255 e. The van der Waals surface area contributed by atoms with Crippen LogP contribution in [0.3, 0.4) is 0 Å². The number of amides is 2. The Labute approximate surface area is 201 Å². The van der Waals surface area contributed by atoms with Crippen molar-refractivity contribution in [1.82, 2.24) is 5.16 Å². The first-order valence-corrected chi connectivity index (χ1v) is 11.4. The molecule has 0 aliphatic rings. The summed E-state index contributed by atoms with van der Waals surface area (Å²) in [5, 5.41) is 9.04. The highest BCUT2D eigenvalue weighted by Gasteiger charge is 2.23. The van der Waals surface area contributed by atoms with Gasteiger partial charge in [-0.05, 0) is 61.0 Å². The second-order valence-corrected chi connectivity index (χ2v) is 8.61. The van der Waals surface area contributed by atoms with Gasteiger partial charge in [-0.3, -0.25) is 9.59 Å². The Balaban J connectivity index is 1.46. The zero-order chi connectivity index (χ0) is 23.9. The lowest BCUT2D eigenvalue weighted by molar-refractivity contribution is -0.115. The van der Waals surface area contributed by atoms with Gasteiger partial charge in [0.05, 0.1) is 7.11 Å². The van der Waals surface area contributed by atoms with Crippen LogP contribution in [-0.2, 0) is 4.79 Å². The summed E-state index contributed by atoms with van der Waals surface area (Å²) in [6.45, 7) is 1.76. The number of nitrogens with one attached hydrogen (secondary N) is 2. The van der Waals surface area contributed by atoms with E-state index in [1.807, 2.05) is 54.6 Å². The van der Waals surface area contributed by atoms with E-state index in [2.05, 4.69) is 15.8 Å². The number of aryl methyl sites for hydroxylation is 1. The fourth-order valence-corrected chi connectivity index (χ4v) is 4.24. The average Bonchev–Trinajstić information content (AvgIpc) is 3.28. The summed E-state index contributed by atoms with van der Waals surface area (Å²) in [6.07, 6.45) is 0. The van der Waals surface area contributed by atoms with E-state index in [1.165, 1.54) is 11.8 Å². The second kappa shape index (κ2) is 10.7. The maximum absolute atomic E-state index is 13.1. The van der Waals surface area contributed by atoms with Crippen LogP contribution in [0.4, 0.5) is 11.5 Å². The zero-order valence-corrected chi connectivity index (χ0v) is 19.5. The van der Waals surface area contributed by atoms with Gasteiger partial charge < -0.3 is 19.9 Å². The maximum atomic E-state index is 13.1. The van der Waals surface area contributed by atoms with Crippen molar-refractivity contribution >= 4 is 35.1 Å². The zero-order valence-electron chi connectivity index (χ0n) is 18.6. The van der Waals surface area contributed by atoms with Crippen LogP contribution in [0.5, 0.6) is 5.75 Å². The van der Waals surface area contributed by atoms with Crippen molar-refractivity contribution in [3.8, 4) is 5.75 Å². The molecule has 0 saturated heterocycles. The topological polar surface area (TPSA) is 93.5 Å². The molecule has 172 valence electrons. The first-order chi connectivity index (χ1) is 16.5. The van der Waals surface area contributed by atoms with Gasteiger partial charge in [-0.1, -0.05) is 35.5 Å². The first kappa shape index (κ1) is 23.1. The molecule has 0 aliphatic carbocycles. The number of ether oxygens (including phenoxy) is 1. The summed E-state index contributed by atoms with van der Waals surface area (Å²) < 4.78 is 10.2. The third-order valence-electron chi connectivity index (χ3n) is 4.94. The van der Waals surface area contributed by atoms with Gasteiger partial charge >= 0.3 is 0 Å². The Morgan fingerprint density at radius 1 is 0.941 bits per heavy atom. The standard InChI is InChI=1S/C26H23N3O4S/c1-17-16-23(29-33-17)28-26(31)24(18-6-4-3-5-7-18)34-22-14-10-20(11-15-22)27-25(30)19-8-12-21(32-2)13-9-19/h3-16,24H,1-2H3,(H,27,30)(H,28,29,31). The molecular weight excluding hydrogens is 450 g/mol. The molecule has 0 radical (unpaired) electrons. The van der Waals surface area contributed by atoms with E-state index in [0.29, 0.717) is 28.6 Å². The SMILES string of the molecule is COc1ccc(C(=O)Nc2ccc(SC(C(=O)Nc3cc(C)on3)c3ccccc3)cc2)cc1. The van der Waals surface area contributed by atoms with Crippen molar-refractivity contribution in [2.45, 2.75) is 17.1 Å². The molecule has 0 fully saturated rings. The van der Waals surface area contributed by atoms with E-state index in [9.17, 15) is 9.59 Å². The molecule has 0 bridgehead atoms. The summed E-state index contributed by atoms with van der Waals surface area (Å²) in [4.78, 5) is 26.4. The number of aromatic nitrogens is 1. The molecule has 1 atom stereocenters. The molecule has 2 N–H and O–H groups in total. The first-order valence-electron chi connectivity index (χ1n) is 10.5. The lowest BCUT2D eigenvalue weighted by atomic mass is 10.1. The van der Waals surface area contributed by atoms with Crippen molar-refractivity contribution in [3.63, 3.8) is 0 Å². The molecule has 8 heteroatoms. The molecule has 1 aromatic heterocycles. The number of methoxy groups -OCH3 is 1. The predicted octanol–water partition coefficient (Wildman–Crippen LogP) is 5.72. The quantitative estimate of drug-likeness (QED) is 0.318. The Morgan fingerprint density at radius 3 is 2.26 bits per heavy atom. The molecule has 4 aromatic rings. The van der Waals surface area contributed by atoms with E-state index < -0.39 is 5.25 Å². The number of nitrogens with zero attached hydrogens (tertiary/aromatic N) is 1. The van der Waals surface area contributed by atoms with Crippen LogP contribution in [-0.4, -0.2) is 24.1 Å². The van der Waals surface area contributed by atoms with Crippen molar-refractivity contribution in [3.05, 3.63) is 102 Å². The molecule has 7 nitrogen and oxygen atoms in total. The molecule has 4 rings (SSSR count). The minimum atomic E-state index is -0.502. The van der Waals surface area contributed by atoms with Gasteiger partial charge in [0, 0.05) is 22.2 Å². The number of thioether (sulfide) groups is 1. The molecule has 1 heterocycles. The van der Waals surface area contributed by atoms with Crippen LogP contribution in [0, 0.1) is 6.92 Å². The van der Waals surface area contributed by atoms with Gasteiger partial charge in [0.1, 0.15) is 16.8 Å². The van der Waals surface area contributed by atoms with Crippen LogP contribution >= 0.6 is 11.8 Å². The summed E-state index contributed by atoms with van der Waals surface area (Å²) in [5.74, 6) is 1.26. The number of hydrogen-bond donors (Lipinski definition) is 2. The molecule has 3 aromatic carbocycles. The number of rotatable bonds is 8. The van der Waals surface area contributed by atoms with Crippen molar-refractivity contribution < 1.29 is 18.8 Å². The van der Waals surface area contributed by atoms with E-state index in [-0.39, 0.29) is 11.8 Å². The predicted molar refractivity (Wildman–Crippen MR) is 132 cm³/mol. The van der Waals surface area contributed by atoms with E-state index >= 15 is 0 Å². The van der Waals surface area contributed by atoms with Crippen LogP contribution in [0.1, 0.15) is 26.9 Å². The second-order valence-electron chi connectivity index (χ2n) is 7.43. The van der Waals surface area contributed by atoms with Crippen molar-refractivity contribution in [2.24, 2.45) is 0 Å². The minimum Gasteiger partial charge on any atom is -0.497 e. The number of carbonyl (C=O) groups excluding carboxylic acids is 2. The van der Waals surface area contributed by atoms with E-state index in [1.54, 1.807) is 44.4 Å². The number of benzene rings is 3. The summed E-state index contributed by atoms with van der Waals surface area (Å²) >= 11 is 1.41. The minimum absolute atomic E-state index is 0.207. The highest BCUT2D eigenvalue weighted by molar-refractivity contribution is 8.00. The fraction of sp³-hybridized carbons (Fsp3) is 0.115. The third kappa shape index (κ3) is 5.85. The van der Waals surface area contributed by atoms with E-state index in [4.69, 9.17) is 9.26 Å². The Hall–Kier alpha value is -4.04. The van der Waals surface area contributed by atoms with Crippen LogP contribution < -0.4 is 15.4 Å². The number of hydrogen-bond acceptors (Lipinski definition) is 6. The van der Waals surface area contributed by atoms with Crippen molar-refractivity contribution in [1.29, 1.82) is 0 Å². The Bertz CT molecular complexity index is 1260. The highest BCUT2D eigenvalue weighted by atomic mass is 32.2. The highest BCUT2D eigenvalue weighted by Crippen LogP contribution is 2.36. The average molecular weight is 474 g/mol. The van der Waals surface area contributed by atoms with E-state index in [0.717, 1.165) is 10.5 Å². The molecule has 1 unspecified atom stereocenters. The summed E-state index contributed by atoms with van der Waals surface area (Å²) in [7, 11) is 1.58. The fourth-order valence-electron chi connectivity index (χ4n) is 3.22.